The number of ether oxygens (including phenoxy) is 1. The van der Waals surface area contributed by atoms with Gasteiger partial charge in [0.1, 0.15) is 30.1 Å². The number of hydrogen-bond donors (Lipinski definition) is 0. The van der Waals surface area contributed by atoms with Gasteiger partial charge in [-0.25, -0.2) is 9.37 Å². The van der Waals surface area contributed by atoms with Crippen molar-refractivity contribution in [2.24, 2.45) is 0 Å². The smallest absolute Gasteiger partial charge is 0.218 e. The minimum absolute atomic E-state index is 0.272. The van der Waals surface area contributed by atoms with Crippen molar-refractivity contribution in [3.8, 4) is 5.75 Å². The van der Waals surface area contributed by atoms with E-state index < -0.39 is 0 Å². The molecule has 0 N–H and O–H groups in total. The van der Waals surface area contributed by atoms with E-state index >= 15 is 0 Å². The van der Waals surface area contributed by atoms with Crippen molar-refractivity contribution >= 4 is 23.9 Å². The van der Waals surface area contributed by atoms with Crippen LogP contribution in [0.3, 0.4) is 0 Å². The molecule has 6 nitrogen and oxygen atoms in total. The van der Waals surface area contributed by atoms with Crippen LogP contribution >= 0.6 is 11.8 Å². The molecule has 31 heavy (non-hydrogen) atoms. The number of halogens is 1. The van der Waals surface area contributed by atoms with E-state index in [4.69, 9.17) is 9.15 Å². The van der Waals surface area contributed by atoms with Gasteiger partial charge in [0.25, 0.3) is 0 Å². The van der Waals surface area contributed by atoms with Gasteiger partial charge < -0.3 is 9.15 Å². The Labute approximate surface area is 183 Å². The maximum Gasteiger partial charge on any atom is 0.218 e. The summed E-state index contributed by atoms with van der Waals surface area (Å²) < 4.78 is 26.9. The van der Waals surface area contributed by atoms with Gasteiger partial charge in [0.05, 0.1) is 12.7 Å². The van der Waals surface area contributed by atoms with Crippen LogP contribution in [0.1, 0.15) is 22.7 Å². The molecule has 0 amide bonds. The minimum Gasteiger partial charge on any atom is -0.487 e. The summed E-state index contributed by atoms with van der Waals surface area (Å²) >= 11 is 1.74. The zero-order valence-electron chi connectivity index (χ0n) is 16.9. The molecule has 0 bridgehead atoms. The van der Waals surface area contributed by atoms with E-state index in [2.05, 4.69) is 15.3 Å². The van der Waals surface area contributed by atoms with E-state index in [0.29, 0.717) is 17.1 Å². The highest BCUT2D eigenvalue weighted by Gasteiger charge is 2.04. The molecule has 0 aliphatic carbocycles. The highest BCUT2D eigenvalue weighted by atomic mass is 32.2. The SMILES string of the molecule is Cc1ccc(/C=C/c2nc(COc3ccc(SCCn4ccnn4)cc3)co2)c(F)c1. The molecular weight excluding hydrogens is 415 g/mol. The third-order valence-corrected chi connectivity index (χ3v) is 5.39. The van der Waals surface area contributed by atoms with Gasteiger partial charge in [0.2, 0.25) is 5.89 Å². The number of aryl methyl sites for hydroxylation is 2. The van der Waals surface area contributed by atoms with Gasteiger partial charge in [-0.05, 0) is 48.9 Å². The number of aromatic nitrogens is 4. The fraction of sp³-hybridized carbons (Fsp3) is 0.174. The molecule has 4 rings (SSSR count). The molecule has 2 heterocycles. The number of thioether (sulfide) groups is 1. The molecule has 0 saturated heterocycles. The summed E-state index contributed by atoms with van der Waals surface area (Å²) in [7, 11) is 0. The van der Waals surface area contributed by atoms with Gasteiger partial charge in [-0.15, -0.1) is 16.9 Å². The van der Waals surface area contributed by atoms with Gasteiger partial charge in [-0.2, -0.15) is 0 Å². The Bertz CT molecular complexity index is 1140. The summed E-state index contributed by atoms with van der Waals surface area (Å²) in [5, 5.41) is 7.74. The van der Waals surface area contributed by atoms with Crippen LogP contribution in [0.15, 0.2) is 70.4 Å². The van der Waals surface area contributed by atoms with Crippen LogP contribution in [0.4, 0.5) is 4.39 Å². The molecule has 0 radical (unpaired) electrons. The molecule has 2 aromatic carbocycles. The number of oxazole rings is 1. The van der Waals surface area contributed by atoms with Crippen molar-refractivity contribution in [1.82, 2.24) is 20.0 Å². The topological polar surface area (TPSA) is 66.0 Å². The molecule has 0 aliphatic heterocycles. The summed E-state index contributed by atoms with van der Waals surface area (Å²) in [6, 6.07) is 13.0. The van der Waals surface area contributed by atoms with Gasteiger partial charge in [-0.3, -0.25) is 4.68 Å². The largest absolute Gasteiger partial charge is 0.487 e. The van der Waals surface area contributed by atoms with Crippen molar-refractivity contribution in [2.45, 2.75) is 25.0 Å². The van der Waals surface area contributed by atoms with E-state index in [0.717, 1.165) is 28.5 Å². The van der Waals surface area contributed by atoms with Crippen LogP contribution in [-0.4, -0.2) is 25.7 Å². The van der Waals surface area contributed by atoms with E-state index in [1.165, 1.54) is 6.07 Å². The monoisotopic (exact) mass is 436 g/mol. The van der Waals surface area contributed by atoms with Crippen LogP contribution in [0.5, 0.6) is 5.75 Å². The molecule has 2 aromatic heterocycles. The number of hydrogen-bond acceptors (Lipinski definition) is 6. The lowest BCUT2D eigenvalue weighted by Gasteiger charge is -2.05. The Morgan fingerprint density at radius 2 is 2.03 bits per heavy atom. The van der Waals surface area contributed by atoms with Crippen LogP contribution in [0.2, 0.25) is 0 Å². The molecule has 0 fully saturated rings. The molecular formula is C23H21FN4O2S. The molecule has 0 saturated carbocycles. The van der Waals surface area contributed by atoms with E-state index in [1.54, 1.807) is 42.4 Å². The summed E-state index contributed by atoms with van der Waals surface area (Å²) in [5.74, 6) is 1.79. The van der Waals surface area contributed by atoms with Gasteiger partial charge in [-0.1, -0.05) is 17.3 Å². The predicted octanol–water partition coefficient (Wildman–Crippen LogP) is 5.26. The normalized spacial score (nSPS) is 11.3. The number of nitrogens with zero attached hydrogens (tertiary/aromatic N) is 4. The number of rotatable bonds is 9. The highest BCUT2D eigenvalue weighted by Crippen LogP contribution is 2.22. The second kappa shape index (κ2) is 10.1. The zero-order valence-corrected chi connectivity index (χ0v) is 17.8. The summed E-state index contributed by atoms with van der Waals surface area (Å²) in [5.41, 5.74) is 2.03. The average Bonchev–Trinajstić information content (AvgIpc) is 3.45. The average molecular weight is 437 g/mol. The Kier molecular flexibility index (Phi) is 6.78. The fourth-order valence-corrected chi connectivity index (χ4v) is 3.63. The first-order valence-electron chi connectivity index (χ1n) is 9.74. The van der Waals surface area contributed by atoms with Crippen LogP contribution < -0.4 is 4.74 Å². The summed E-state index contributed by atoms with van der Waals surface area (Å²) in [6.45, 7) is 2.95. The van der Waals surface area contributed by atoms with Crippen molar-refractivity contribution < 1.29 is 13.5 Å². The maximum absolute atomic E-state index is 13.9. The van der Waals surface area contributed by atoms with Crippen LogP contribution in [0, 0.1) is 12.7 Å². The van der Waals surface area contributed by atoms with E-state index in [1.807, 2.05) is 48.1 Å². The molecule has 158 valence electrons. The quantitative estimate of drug-likeness (QED) is 0.334. The van der Waals surface area contributed by atoms with Crippen LogP contribution in [-0.2, 0) is 13.2 Å². The maximum atomic E-state index is 13.9. The van der Waals surface area contributed by atoms with Crippen molar-refractivity contribution in [2.75, 3.05) is 5.75 Å². The standard InChI is InChI=1S/C23H21FN4O2S/c1-17-2-3-18(22(24)14-17)4-9-23-26-19(16-30-23)15-29-20-5-7-21(8-6-20)31-13-12-28-11-10-25-27-28/h2-11,14,16H,12-13,15H2,1H3/b9-4+. The third kappa shape index (κ3) is 6.05. The second-order valence-electron chi connectivity index (χ2n) is 6.81. The van der Waals surface area contributed by atoms with Crippen molar-refractivity contribution in [3.63, 3.8) is 0 Å². The zero-order chi connectivity index (χ0) is 21.5. The van der Waals surface area contributed by atoms with E-state index in [-0.39, 0.29) is 12.4 Å². The van der Waals surface area contributed by atoms with Gasteiger partial charge in [0, 0.05) is 28.5 Å². The van der Waals surface area contributed by atoms with Gasteiger partial charge >= 0.3 is 0 Å². The van der Waals surface area contributed by atoms with Crippen molar-refractivity contribution in [3.05, 3.63) is 89.7 Å². The Hall–Kier alpha value is -3.39. The first-order valence-corrected chi connectivity index (χ1v) is 10.7. The summed E-state index contributed by atoms with van der Waals surface area (Å²) in [4.78, 5) is 5.51. The van der Waals surface area contributed by atoms with E-state index in [9.17, 15) is 4.39 Å². The Balaban J connectivity index is 1.25. The van der Waals surface area contributed by atoms with Crippen molar-refractivity contribution in [1.29, 1.82) is 0 Å². The Morgan fingerprint density at radius 3 is 2.81 bits per heavy atom. The van der Waals surface area contributed by atoms with Crippen LogP contribution in [0.25, 0.3) is 12.2 Å². The molecule has 0 aliphatic rings. The fourth-order valence-electron chi connectivity index (χ4n) is 2.79. The molecule has 0 spiro atoms. The first kappa shape index (κ1) is 20.9. The lowest BCUT2D eigenvalue weighted by atomic mass is 10.1. The lowest BCUT2D eigenvalue weighted by molar-refractivity contribution is 0.301. The van der Waals surface area contributed by atoms with Gasteiger partial charge in [0.15, 0.2) is 0 Å². The third-order valence-electron chi connectivity index (χ3n) is 4.40. The second-order valence-corrected chi connectivity index (χ2v) is 7.98. The number of benzene rings is 2. The molecule has 4 aromatic rings. The Morgan fingerprint density at radius 1 is 1.16 bits per heavy atom. The lowest BCUT2D eigenvalue weighted by Crippen LogP contribution is -2.01. The molecule has 0 atom stereocenters. The molecule has 8 heteroatoms. The summed E-state index contributed by atoms with van der Waals surface area (Å²) in [6.07, 6.45) is 8.35. The first-order chi connectivity index (χ1) is 15.2. The molecule has 0 unspecified atom stereocenters. The minimum atomic E-state index is -0.272. The highest BCUT2D eigenvalue weighted by molar-refractivity contribution is 7.99. The predicted molar refractivity (Wildman–Crippen MR) is 118 cm³/mol.